The zero-order chi connectivity index (χ0) is 12.1. The van der Waals surface area contributed by atoms with E-state index in [1.165, 1.54) is 0 Å². The quantitative estimate of drug-likeness (QED) is 0.822. The highest BCUT2D eigenvalue weighted by Gasteiger charge is 2.20. The summed E-state index contributed by atoms with van der Waals surface area (Å²) in [6.07, 6.45) is 0.249. The summed E-state index contributed by atoms with van der Waals surface area (Å²) in [5.41, 5.74) is 1.90. The van der Waals surface area contributed by atoms with Crippen molar-refractivity contribution in [1.82, 2.24) is 0 Å². The van der Waals surface area contributed by atoms with Crippen LogP contribution < -0.4 is 0 Å². The maximum atomic E-state index is 9.50. The van der Waals surface area contributed by atoms with Crippen molar-refractivity contribution >= 4 is 0 Å². The van der Waals surface area contributed by atoms with E-state index in [-0.39, 0.29) is 12.9 Å². The van der Waals surface area contributed by atoms with Crippen LogP contribution in [0.25, 0.3) is 0 Å². The van der Waals surface area contributed by atoms with E-state index >= 15 is 0 Å². The lowest BCUT2D eigenvalue weighted by Gasteiger charge is -2.25. The largest absolute Gasteiger partial charge is 0.394 e. The molecule has 1 aliphatic heterocycles. The summed E-state index contributed by atoms with van der Waals surface area (Å²) >= 11 is 0. The standard InChI is InChI=1S/C13H18O4/c14-9-11(15)8-10-4-1-2-5-12(10)13-16-6-3-7-17-13/h1-2,4-5,11,13-15H,3,6-9H2/t11-/m0/s1. The summed E-state index contributed by atoms with van der Waals surface area (Å²) in [4.78, 5) is 0. The summed E-state index contributed by atoms with van der Waals surface area (Å²) in [5.74, 6) is 0. The Morgan fingerprint density at radius 1 is 1.24 bits per heavy atom. The topological polar surface area (TPSA) is 58.9 Å². The Labute approximate surface area is 101 Å². The molecule has 1 saturated heterocycles. The molecule has 1 atom stereocenters. The smallest absolute Gasteiger partial charge is 0.184 e. The lowest BCUT2D eigenvalue weighted by Crippen LogP contribution is -2.21. The van der Waals surface area contributed by atoms with Crippen molar-refractivity contribution in [2.24, 2.45) is 0 Å². The molecular weight excluding hydrogens is 220 g/mol. The van der Waals surface area contributed by atoms with E-state index in [0.717, 1.165) is 17.5 Å². The van der Waals surface area contributed by atoms with Crippen molar-refractivity contribution in [2.75, 3.05) is 19.8 Å². The predicted molar refractivity (Wildman–Crippen MR) is 62.5 cm³/mol. The molecular formula is C13H18O4. The Morgan fingerprint density at radius 2 is 1.94 bits per heavy atom. The van der Waals surface area contributed by atoms with Gasteiger partial charge in [-0.15, -0.1) is 0 Å². The van der Waals surface area contributed by atoms with Crippen LogP contribution in [0.3, 0.4) is 0 Å². The molecule has 17 heavy (non-hydrogen) atoms. The highest BCUT2D eigenvalue weighted by molar-refractivity contribution is 5.29. The molecule has 0 amide bonds. The van der Waals surface area contributed by atoms with Crippen LogP contribution in [0, 0.1) is 0 Å². The SMILES string of the molecule is OC[C@@H](O)Cc1ccccc1C1OCCCO1. The minimum atomic E-state index is -0.736. The van der Waals surface area contributed by atoms with Gasteiger partial charge < -0.3 is 19.7 Å². The highest BCUT2D eigenvalue weighted by atomic mass is 16.7. The van der Waals surface area contributed by atoms with E-state index in [0.29, 0.717) is 19.6 Å². The average molecular weight is 238 g/mol. The van der Waals surface area contributed by atoms with Gasteiger partial charge in [-0.1, -0.05) is 24.3 Å². The number of benzene rings is 1. The van der Waals surface area contributed by atoms with Crippen LogP contribution >= 0.6 is 0 Å². The van der Waals surface area contributed by atoms with Gasteiger partial charge in [-0.25, -0.2) is 0 Å². The van der Waals surface area contributed by atoms with Gasteiger partial charge in [0.05, 0.1) is 25.9 Å². The minimum absolute atomic E-state index is 0.235. The van der Waals surface area contributed by atoms with E-state index in [1.807, 2.05) is 24.3 Å². The molecule has 2 N–H and O–H groups in total. The maximum absolute atomic E-state index is 9.50. The van der Waals surface area contributed by atoms with Gasteiger partial charge in [0, 0.05) is 12.0 Å². The number of hydrogen-bond donors (Lipinski definition) is 2. The summed E-state index contributed by atoms with van der Waals surface area (Å²) in [5, 5.41) is 18.4. The molecule has 4 heteroatoms. The number of rotatable bonds is 4. The fraction of sp³-hybridized carbons (Fsp3) is 0.538. The third-order valence-electron chi connectivity index (χ3n) is 2.80. The monoisotopic (exact) mass is 238 g/mol. The molecule has 2 rings (SSSR count). The molecule has 4 nitrogen and oxygen atoms in total. The van der Waals surface area contributed by atoms with Crippen molar-refractivity contribution in [3.63, 3.8) is 0 Å². The Balaban J connectivity index is 2.14. The predicted octanol–water partition coefficient (Wildman–Crippen LogP) is 1.02. The second-order valence-electron chi connectivity index (χ2n) is 4.17. The third-order valence-corrected chi connectivity index (χ3v) is 2.80. The normalized spacial score (nSPS) is 19.2. The van der Waals surface area contributed by atoms with Crippen molar-refractivity contribution in [1.29, 1.82) is 0 Å². The Morgan fingerprint density at radius 3 is 2.65 bits per heavy atom. The molecule has 1 fully saturated rings. The van der Waals surface area contributed by atoms with Crippen molar-refractivity contribution in [3.05, 3.63) is 35.4 Å². The number of aliphatic hydroxyl groups excluding tert-OH is 2. The van der Waals surface area contributed by atoms with Crippen LogP contribution in [0.2, 0.25) is 0 Å². The van der Waals surface area contributed by atoms with E-state index < -0.39 is 6.10 Å². The average Bonchev–Trinajstić information content (AvgIpc) is 2.40. The van der Waals surface area contributed by atoms with Gasteiger partial charge in [-0.3, -0.25) is 0 Å². The van der Waals surface area contributed by atoms with Gasteiger partial charge in [-0.05, 0) is 12.0 Å². The lowest BCUT2D eigenvalue weighted by atomic mass is 10.0. The first-order valence-electron chi connectivity index (χ1n) is 5.91. The first-order chi connectivity index (χ1) is 8.31. The van der Waals surface area contributed by atoms with E-state index in [2.05, 4.69) is 0 Å². The Hall–Kier alpha value is -0.940. The molecule has 1 heterocycles. The summed E-state index contributed by atoms with van der Waals surface area (Å²) < 4.78 is 11.1. The van der Waals surface area contributed by atoms with Gasteiger partial charge >= 0.3 is 0 Å². The highest BCUT2D eigenvalue weighted by Crippen LogP contribution is 2.26. The molecule has 1 aromatic carbocycles. The summed E-state index contributed by atoms with van der Waals surface area (Å²) in [7, 11) is 0. The second-order valence-corrected chi connectivity index (χ2v) is 4.17. The zero-order valence-corrected chi connectivity index (χ0v) is 9.71. The van der Waals surface area contributed by atoms with Crippen molar-refractivity contribution in [2.45, 2.75) is 25.2 Å². The molecule has 94 valence electrons. The van der Waals surface area contributed by atoms with Gasteiger partial charge in [0.25, 0.3) is 0 Å². The van der Waals surface area contributed by atoms with Crippen LogP contribution in [0.1, 0.15) is 23.8 Å². The van der Waals surface area contributed by atoms with Crippen LogP contribution in [-0.4, -0.2) is 36.1 Å². The number of aliphatic hydroxyl groups is 2. The third kappa shape index (κ3) is 3.26. The Bertz CT molecular complexity index is 347. The molecule has 1 aliphatic rings. The number of ether oxygens (including phenoxy) is 2. The van der Waals surface area contributed by atoms with E-state index in [4.69, 9.17) is 14.6 Å². The van der Waals surface area contributed by atoms with Crippen LogP contribution in [0.15, 0.2) is 24.3 Å². The van der Waals surface area contributed by atoms with Gasteiger partial charge in [0.15, 0.2) is 6.29 Å². The van der Waals surface area contributed by atoms with Crippen molar-refractivity contribution in [3.8, 4) is 0 Å². The van der Waals surface area contributed by atoms with E-state index in [1.54, 1.807) is 0 Å². The molecule has 0 bridgehead atoms. The van der Waals surface area contributed by atoms with Crippen molar-refractivity contribution < 1.29 is 19.7 Å². The van der Waals surface area contributed by atoms with Gasteiger partial charge in [0.2, 0.25) is 0 Å². The second kappa shape index (κ2) is 6.12. The van der Waals surface area contributed by atoms with Gasteiger partial charge in [0.1, 0.15) is 0 Å². The molecule has 1 aromatic rings. The summed E-state index contributed by atoms with van der Waals surface area (Å²) in [6.45, 7) is 1.16. The first kappa shape index (κ1) is 12.5. The summed E-state index contributed by atoms with van der Waals surface area (Å²) in [6, 6.07) is 7.70. The molecule has 0 aromatic heterocycles. The number of hydrogen-bond acceptors (Lipinski definition) is 4. The molecule has 0 radical (unpaired) electrons. The first-order valence-corrected chi connectivity index (χ1v) is 5.91. The molecule has 0 saturated carbocycles. The van der Waals surface area contributed by atoms with E-state index in [9.17, 15) is 5.11 Å². The fourth-order valence-corrected chi connectivity index (χ4v) is 1.94. The molecule has 0 unspecified atom stereocenters. The maximum Gasteiger partial charge on any atom is 0.184 e. The Kier molecular flexibility index (Phi) is 4.50. The fourth-order valence-electron chi connectivity index (χ4n) is 1.94. The zero-order valence-electron chi connectivity index (χ0n) is 9.71. The van der Waals surface area contributed by atoms with Crippen LogP contribution in [-0.2, 0) is 15.9 Å². The molecule has 0 aliphatic carbocycles. The minimum Gasteiger partial charge on any atom is -0.394 e. The van der Waals surface area contributed by atoms with Gasteiger partial charge in [-0.2, -0.15) is 0 Å². The van der Waals surface area contributed by atoms with Crippen LogP contribution in [0.4, 0.5) is 0 Å². The lowest BCUT2D eigenvalue weighted by molar-refractivity contribution is -0.183. The molecule has 0 spiro atoms. The van der Waals surface area contributed by atoms with Crippen LogP contribution in [0.5, 0.6) is 0 Å².